The lowest BCUT2D eigenvalue weighted by Gasteiger charge is -2.38. The van der Waals surface area contributed by atoms with Crippen LogP contribution in [-0.4, -0.2) is 35.7 Å². The van der Waals surface area contributed by atoms with E-state index in [1.807, 2.05) is 36.9 Å². The number of benzene rings is 1. The van der Waals surface area contributed by atoms with Crippen LogP contribution < -0.4 is 5.73 Å². The second-order valence-corrected chi connectivity index (χ2v) is 6.85. The van der Waals surface area contributed by atoms with Gasteiger partial charge in [0.05, 0.1) is 0 Å². The number of aryl methyl sites for hydroxylation is 2. The quantitative estimate of drug-likeness (QED) is 0.850. The molecular weight excluding hydrogens is 288 g/mol. The Labute approximate surface area is 139 Å². The van der Waals surface area contributed by atoms with Crippen molar-refractivity contribution in [2.24, 2.45) is 11.7 Å². The van der Waals surface area contributed by atoms with Gasteiger partial charge in [0.2, 0.25) is 5.91 Å². The summed E-state index contributed by atoms with van der Waals surface area (Å²) in [5, 5.41) is 0. The van der Waals surface area contributed by atoms with E-state index in [4.69, 9.17) is 5.73 Å². The minimum Gasteiger partial charge on any atom is -0.338 e. The monoisotopic (exact) mass is 316 g/mol. The molecule has 1 saturated heterocycles. The summed E-state index contributed by atoms with van der Waals surface area (Å²) in [5.74, 6) is 0.726. The average molecular weight is 316 g/mol. The normalized spacial score (nSPS) is 21.3. The van der Waals surface area contributed by atoms with Gasteiger partial charge in [-0.2, -0.15) is 0 Å². The number of amides is 1. The Morgan fingerprint density at radius 1 is 1.26 bits per heavy atom. The smallest absolute Gasteiger partial charge is 0.223 e. The molecule has 0 radical (unpaired) electrons. The van der Waals surface area contributed by atoms with E-state index in [2.05, 4.69) is 6.92 Å². The van der Waals surface area contributed by atoms with E-state index in [9.17, 15) is 9.59 Å². The van der Waals surface area contributed by atoms with E-state index >= 15 is 0 Å². The number of ketones is 1. The second-order valence-electron chi connectivity index (χ2n) is 6.85. The number of nitrogens with zero attached hydrogens (tertiary/aromatic N) is 1. The van der Waals surface area contributed by atoms with Crippen molar-refractivity contribution >= 4 is 11.7 Å². The van der Waals surface area contributed by atoms with E-state index in [-0.39, 0.29) is 30.6 Å². The second kappa shape index (κ2) is 7.73. The third kappa shape index (κ3) is 4.41. The molecule has 4 nitrogen and oxygen atoms in total. The highest BCUT2D eigenvalue weighted by atomic mass is 16.2. The van der Waals surface area contributed by atoms with Gasteiger partial charge in [0.15, 0.2) is 5.78 Å². The molecule has 23 heavy (non-hydrogen) atoms. The van der Waals surface area contributed by atoms with E-state index < -0.39 is 0 Å². The van der Waals surface area contributed by atoms with Gasteiger partial charge in [-0.3, -0.25) is 9.59 Å². The number of likely N-dealkylation sites (tertiary alicyclic amines) is 1. The van der Waals surface area contributed by atoms with Crippen LogP contribution in [-0.2, 0) is 4.79 Å². The van der Waals surface area contributed by atoms with Gasteiger partial charge < -0.3 is 10.6 Å². The lowest BCUT2D eigenvalue weighted by molar-refractivity contribution is -0.135. The average Bonchev–Trinajstić information content (AvgIpc) is 2.54. The van der Waals surface area contributed by atoms with E-state index in [0.29, 0.717) is 12.5 Å². The summed E-state index contributed by atoms with van der Waals surface area (Å²) in [6.07, 6.45) is 2.53. The number of carbonyl (C=O) groups is 2. The van der Waals surface area contributed by atoms with Crippen LogP contribution in [0.5, 0.6) is 0 Å². The first-order valence-corrected chi connectivity index (χ1v) is 8.52. The van der Waals surface area contributed by atoms with Gasteiger partial charge in [-0.25, -0.2) is 0 Å². The van der Waals surface area contributed by atoms with Crippen LogP contribution in [0.3, 0.4) is 0 Å². The molecule has 0 aromatic heterocycles. The Morgan fingerprint density at radius 2 is 2.00 bits per heavy atom. The number of hydrogen-bond acceptors (Lipinski definition) is 3. The summed E-state index contributed by atoms with van der Waals surface area (Å²) in [6, 6.07) is 5.99. The van der Waals surface area contributed by atoms with E-state index in [0.717, 1.165) is 36.1 Å². The van der Waals surface area contributed by atoms with Gasteiger partial charge in [0, 0.05) is 37.5 Å². The molecule has 1 aromatic rings. The highest BCUT2D eigenvalue weighted by Gasteiger charge is 2.28. The van der Waals surface area contributed by atoms with Crippen LogP contribution in [0.25, 0.3) is 0 Å². The van der Waals surface area contributed by atoms with Crippen molar-refractivity contribution in [1.82, 2.24) is 4.90 Å². The molecule has 1 amide bonds. The highest BCUT2D eigenvalue weighted by Crippen LogP contribution is 2.23. The Kier molecular flexibility index (Phi) is 5.94. The highest BCUT2D eigenvalue weighted by molar-refractivity contribution is 5.99. The fraction of sp³-hybridized carbons (Fsp3) is 0.579. The van der Waals surface area contributed by atoms with Gasteiger partial charge in [0.1, 0.15) is 0 Å². The largest absolute Gasteiger partial charge is 0.338 e. The molecule has 2 rings (SSSR count). The predicted octanol–water partition coefficient (Wildman–Crippen LogP) is 2.85. The van der Waals surface area contributed by atoms with Crippen molar-refractivity contribution in [1.29, 1.82) is 0 Å². The van der Waals surface area contributed by atoms with Crippen LogP contribution >= 0.6 is 0 Å². The lowest BCUT2D eigenvalue weighted by atomic mass is 9.92. The molecule has 0 saturated carbocycles. The van der Waals surface area contributed by atoms with Crippen molar-refractivity contribution in [3.8, 4) is 0 Å². The topological polar surface area (TPSA) is 63.4 Å². The summed E-state index contributed by atoms with van der Waals surface area (Å²) in [7, 11) is 0. The van der Waals surface area contributed by atoms with Crippen molar-refractivity contribution in [3.63, 3.8) is 0 Å². The van der Waals surface area contributed by atoms with Crippen LogP contribution in [0.2, 0.25) is 0 Å². The molecule has 4 heteroatoms. The van der Waals surface area contributed by atoms with Crippen molar-refractivity contribution in [2.75, 3.05) is 13.1 Å². The molecule has 2 N–H and O–H groups in total. The molecule has 0 spiro atoms. The van der Waals surface area contributed by atoms with Crippen molar-refractivity contribution in [2.45, 2.75) is 52.5 Å². The molecule has 1 aliphatic heterocycles. The maximum atomic E-state index is 12.5. The Balaban J connectivity index is 1.95. The molecule has 2 unspecified atom stereocenters. The predicted molar refractivity (Wildman–Crippen MR) is 92.4 cm³/mol. The first-order chi connectivity index (χ1) is 10.9. The van der Waals surface area contributed by atoms with Crippen molar-refractivity contribution < 1.29 is 9.59 Å². The van der Waals surface area contributed by atoms with Gasteiger partial charge in [-0.05, 0) is 44.2 Å². The van der Waals surface area contributed by atoms with Gasteiger partial charge >= 0.3 is 0 Å². The Morgan fingerprint density at radius 3 is 2.70 bits per heavy atom. The summed E-state index contributed by atoms with van der Waals surface area (Å²) < 4.78 is 0. The summed E-state index contributed by atoms with van der Waals surface area (Å²) in [4.78, 5) is 26.8. The zero-order valence-corrected chi connectivity index (χ0v) is 14.5. The summed E-state index contributed by atoms with van der Waals surface area (Å²) in [6.45, 7) is 7.38. The molecule has 126 valence electrons. The minimum atomic E-state index is 0.0502. The summed E-state index contributed by atoms with van der Waals surface area (Å²) in [5.41, 5.74) is 8.59. The number of nitrogens with two attached hydrogens (primary N) is 1. The van der Waals surface area contributed by atoms with Crippen LogP contribution in [0, 0.1) is 19.8 Å². The fourth-order valence-electron chi connectivity index (χ4n) is 3.34. The number of piperidine rings is 1. The number of hydrogen-bond donors (Lipinski definition) is 1. The molecular formula is C19H28N2O2. The fourth-order valence-corrected chi connectivity index (χ4v) is 3.34. The van der Waals surface area contributed by atoms with Crippen LogP contribution in [0.1, 0.15) is 54.1 Å². The first-order valence-electron chi connectivity index (χ1n) is 8.52. The zero-order chi connectivity index (χ0) is 17.0. The molecule has 1 heterocycles. The molecule has 1 aromatic carbocycles. The number of carbonyl (C=O) groups excluding carboxylic acids is 2. The maximum Gasteiger partial charge on any atom is 0.223 e. The summed E-state index contributed by atoms with van der Waals surface area (Å²) >= 11 is 0. The standard InChI is InChI=1S/C19H28N2O2/c1-13-4-5-15(3)17(11-13)18(22)6-7-19(23)21-9-8-14(2)10-16(21)12-20/h4-5,11,14,16H,6-10,12,20H2,1-3H3. The molecule has 0 aliphatic carbocycles. The molecule has 0 bridgehead atoms. The maximum absolute atomic E-state index is 12.5. The van der Waals surface area contributed by atoms with Gasteiger partial charge in [-0.15, -0.1) is 0 Å². The SMILES string of the molecule is Cc1ccc(C)c(C(=O)CCC(=O)N2CCC(C)CC2CN)c1. The number of rotatable bonds is 5. The van der Waals surface area contributed by atoms with Crippen LogP contribution in [0.4, 0.5) is 0 Å². The lowest BCUT2D eigenvalue weighted by Crippen LogP contribution is -2.49. The minimum absolute atomic E-state index is 0.0502. The molecule has 1 aliphatic rings. The molecule has 1 fully saturated rings. The Hall–Kier alpha value is -1.68. The Bertz CT molecular complexity index is 583. The third-order valence-electron chi connectivity index (χ3n) is 4.83. The van der Waals surface area contributed by atoms with Gasteiger partial charge in [0.25, 0.3) is 0 Å². The third-order valence-corrected chi connectivity index (χ3v) is 4.83. The molecule has 2 atom stereocenters. The van der Waals surface area contributed by atoms with E-state index in [1.165, 1.54) is 0 Å². The van der Waals surface area contributed by atoms with Crippen molar-refractivity contribution in [3.05, 3.63) is 34.9 Å². The van der Waals surface area contributed by atoms with E-state index in [1.54, 1.807) is 0 Å². The van der Waals surface area contributed by atoms with Gasteiger partial charge in [-0.1, -0.05) is 24.6 Å². The first kappa shape index (κ1) is 17.7. The zero-order valence-electron chi connectivity index (χ0n) is 14.5. The number of Topliss-reactive ketones (excluding diaryl/α,β-unsaturated/α-hetero) is 1. The van der Waals surface area contributed by atoms with Crippen LogP contribution in [0.15, 0.2) is 18.2 Å².